The highest BCUT2D eigenvalue weighted by Gasteiger charge is 2.31. The summed E-state index contributed by atoms with van der Waals surface area (Å²) >= 11 is 0. The molecular formula is C21H22N7O2. The zero-order valence-corrected chi connectivity index (χ0v) is 16.6. The molecule has 1 aliphatic carbocycles. The molecule has 9 nitrogen and oxygen atoms in total. The van der Waals surface area contributed by atoms with Crippen LogP contribution < -0.4 is 5.32 Å². The van der Waals surface area contributed by atoms with E-state index < -0.39 is 6.10 Å². The molecule has 4 rings (SSSR count). The smallest absolute Gasteiger partial charge is 0.218 e. The molecule has 0 bridgehead atoms. The van der Waals surface area contributed by atoms with Crippen LogP contribution in [0.1, 0.15) is 34.5 Å². The Morgan fingerprint density at radius 2 is 2.27 bits per heavy atom. The van der Waals surface area contributed by atoms with Crippen LogP contribution in [0, 0.1) is 24.7 Å². The van der Waals surface area contributed by atoms with Crippen LogP contribution in [0.15, 0.2) is 37.2 Å². The van der Waals surface area contributed by atoms with Crippen molar-refractivity contribution in [2.75, 3.05) is 5.32 Å². The number of aliphatic hydroxyl groups is 1. The van der Waals surface area contributed by atoms with E-state index in [1.165, 1.54) is 12.5 Å². The first-order valence-electron chi connectivity index (χ1n) is 9.63. The highest BCUT2D eigenvalue weighted by atomic mass is 16.3. The Hall–Kier alpha value is -3.51. The van der Waals surface area contributed by atoms with Gasteiger partial charge in [0.25, 0.3) is 0 Å². The van der Waals surface area contributed by atoms with Gasteiger partial charge in [-0.05, 0) is 31.7 Å². The van der Waals surface area contributed by atoms with Crippen molar-refractivity contribution in [3.05, 3.63) is 60.9 Å². The van der Waals surface area contributed by atoms with Crippen molar-refractivity contribution >= 4 is 11.6 Å². The minimum Gasteiger partial charge on any atom is -0.393 e. The molecule has 1 radical (unpaired) electrons. The second kappa shape index (κ2) is 8.47. The highest BCUT2D eigenvalue weighted by molar-refractivity contribution is 6.10. The number of nitrogens with one attached hydrogen (secondary N) is 1. The van der Waals surface area contributed by atoms with E-state index in [-0.39, 0.29) is 23.4 Å². The number of ketones is 1. The predicted octanol–water partition coefficient (Wildman–Crippen LogP) is 1.07. The van der Waals surface area contributed by atoms with Crippen LogP contribution in [0.4, 0.5) is 5.82 Å². The number of hydrogen-bond donors (Lipinski definition) is 2. The van der Waals surface area contributed by atoms with Gasteiger partial charge < -0.3 is 10.4 Å². The van der Waals surface area contributed by atoms with E-state index in [9.17, 15) is 9.90 Å². The fourth-order valence-electron chi connectivity index (χ4n) is 3.44. The van der Waals surface area contributed by atoms with Gasteiger partial charge in [-0.2, -0.15) is 10.2 Å². The molecule has 0 aromatic carbocycles. The van der Waals surface area contributed by atoms with Crippen molar-refractivity contribution in [1.82, 2.24) is 29.5 Å². The SMILES string of the molecule is [CH2][C@@H]1C[C@@H](Nc2ncncc2C(=O)c2ccn(CC#Cc3cnn(C)c3)n2)C[C@@H]1O. The van der Waals surface area contributed by atoms with E-state index in [1.807, 2.05) is 13.2 Å². The van der Waals surface area contributed by atoms with Crippen LogP contribution in [0.2, 0.25) is 0 Å². The van der Waals surface area contributed by atoms with E-state index in [2.05, 4.69) is 44.2 Å². The summed E-state index contributed by atoms with van der Waals surface area (Å²) in [6.07, 6.45) is 8.92. The maximum Gasteiger partial charge on any atom is 0.218 e. The van der Waals surface area contributed by atoms with Crippen LogP contribution in [-0.2, 0) is 13.6 Å². The van der Waals surface area contributed by atoms with Crippen LogP contribution >= 0.6 is 0 Å². The number of anilines is 1. The number of rotatable bonds is 5. The lowest BCUT2D eigenvalue weighted by atomic mass is 10.1. The summed E-state index contributed by atoms with van der Waals surface area (Å²) in [6.45, 7) is 4.30. The number of hydrogen-bond acceptors (Lipinski definition) is 7. The van der Waals surface area contributed by atoms with E-state index in [4.69, 9.17) is 0 Å². The van der Waals surface area contributed by atoms with Crippen molar-refractivity contribution in [2.24, 2.45) is 13.0 Å². The van der Waals surface area contributed by atoms with Gasteiger partial charge in [-0.25, -0.2) is 9.97 Å². The molecule has 2 N–H and O–H groups in total. The van der Waals surface area contributed by atoms with Gasteiger partial charge in [0.2, 0.25) is 5.78 Å². The summed E-state index contributed by atoms with van der Waals surface area (Å²) in [4.78, 5) is 21.2. The van der Waals surface area contributed by atoms with Crippen LogP contribution in [0.25, 0.3) is 0 Å². The Balaban J connectivity index is 1.46. The average molecular weight is 404 g/mol. The maximum atomic E-state index is 13.0. The molecule has 3 aromatic rings. The fraction of sp³-hybridized carbons (Fsp3) is 0.333. The number of carbonyl (C=O) groups is 1. The Kier molecular flexibility index (Phi) is 5.59. The second-order valence-corrected chi connectivity index (χ2v) is 7.36. The van der Waals surface area contributed by atoms with Gasteiger partial charge in [0, 0.05) is 31.7 Å². The Labute approximate surface area is 174 Å². The Morgan fingerprint density at radius 3 is 3.00 bits per heavy atom. The summed E-state index contributed by atoms with van der Waals surface area (Å²) in [5.41, 5.74) is 1.45. The fourth-order valence-corrected chi connectivity index (χ4v) is 3.44. The van der Waals surface area contributed by atoms with Gasteiger partial charge in [-0.1, -0.05) is 11.8 Å². The lowest BCUT2D eigenvalue weighted by Gasteiger charge is -2.14. The van der Waals surface area contributed by atoms with Gasteiger partial charge in [-0.3, -0.25) is 14.2 Å². The summed E-state index contributed by atoms with van der Waals surface area (Å²) < 4.78 is 3.29. The van der Waals surface area contributed by atoms with Crippen LogP contribution in [0.5, 0.6) is 0 Å². The quantitative estimate of drug-likeness (QED) is 0.483. The molecule has 1 saturated carbocycles. The zero-order chi connectivity index (χ0) is 21.1. The van der Waals surface area contributed by atoms with E-state index in [0.29, 0.717) is 30.8 Å². The summed E-state index contributed by atoms with van der Waals surface area (Å²) in [6, 6.07) is 1.65. The van der Waals surface area contributed by atoms with Crippen molar-refractivity contribution in [2.45, 2.75) is 31.5 Å². The van der Waals surface area contributed by atoms with E-state index in [0.717, 1.165) is 5.56 Å². The average Bonchev–Trinajstić information content (AvgIpc) is 3.43. The third kappa shape index (κ3) is 4.39. The van der Waals surface area contributed by atoms with Crippen molar-refractivity contribution < 1.29 is 9.90 Å². The number of aliphatic hydroxyl groups excluding tert-OH is 1. The molecule has 153 valence electrons. The Morgan fingerprint density at radius 1 is 1.40 bits per heavy atom. The molecule has 1 fully saturated rings. The number of carbonyl (C=O) groups excluding carboxylic acids is 1. The van der Waals surface area contributed by atoms with Gasteiger partial charge in [0.05, 0.1) is 23.4 Å². The lowest BCUT2D eigenvalue weighted by molar-refractivity contribution is 0.103. The molecule has 3 heterocycles. The number of nitrogens with zero attached hydrogens (tertiary/aromatic N) is 6. The van der Waals surface area contributed by atoms with Crippen molar-refractivity contribution in [3.63, 3.8) is 0 Å². The molecule has 30 heavy (non-hydrogen) atoms. The molecule has 0 aliphatic heterocycles. The molecule has 3 aromatic heterocycles. The predicted molar refractivity (Wildman–Crippen MR) is 109 cm³/mol. The molecule has 0 saturated heterocycles. The first-order valence-corrected chi connectivity index (χ1v) is 9.63. The summed E-state index contributed by atoms with van der Waals surface area (Å²) in [7, 11) is 1.83. The highest BCUT2D eigenvalue weighted by Crippen LogP contribution is 2.28. The molecule has 0 amide bonds. The summed E-state index contributed by atoms with van der Waals surface area (Å²) in [5.74, 6) is 6.14. The van der Waals surface area contributed by atoms with Gasteiger partial charge in [-0.15, -0.1) is 0 Å². The van der Waals surface area contributed by atoms with Crippen molar-refractivity contribution in [3.8, 4) is 11.8 Å². The summed E-state index contributed by atoms with van der Waals surface area (Å²) in [5, 5.41) is 21.6. The third-order valence-corrected chi connectivity index (χ3v) is 5.01. The largest absolute Gasteiger partial charge is 0.393 e. The molecular weight excluding hydrogens is 382 g/mol. The minimum atomic E-state index is -0.452. The van der Waals surface area contributed by atoms with Crippen LogP contribution in [-0.4, -0.2) is 52.6 Å². The van der Waals surface area contributed by atoms with Crippen molar-refractivity contribution in [1.29, 1.82) is 0 Å². The first-order chi connectivity index (χ1) is 14.5. The van der Waals surface area contributed by atoms with Gasteiger partial charge in [0.15, 0.2) is 0 Å². The standard InChI is InChI=1S/C21H22N7O2/c1-14-8-16(9-19(14)29)25-21-17(11-22-13-23-21)20(30)18-5-7-28(26-18)6-3-4-15-10-24-27(2)12-15/h5,7,10-14,16,19,29H,1,6,8-9H2,2H3,(H,22,23,25)/t14-,16-,19+/m1/s1. The lowest BCUT2D eigenvalue weighted by Crippen LogP contribution is -2.20. The minimum absolute atomic E-state index is 0.00394. The second-order valence-electron chi connectivity index (χ2n) is 7.36. The van der Waals surface area contributed by atoms with E-state index in [1.54, 1.807) is 27.8 Å². The number of aryl methyl sites for hydroxylation is 1. The first kappa shape index (κ1) is 19.8. The van der Waals surface area contributed by atoms with E-state index >= 15 is 0 Å². The third-order valence-electron chi connectivity index (χ3n) is 5.01. The number of aromatic nitrogens is 6. The van der Waals surface area contributed by atoms with Gasteiger partial charge in [0.1, 0.15) is 24.4 Å². The monoisotopic (exact) mass is 404 g/mol. The maximum absolute atomic E-state index is 13.0. The zero-order valence-electron chi connectivity index (χ0n) is 16.6. The normalized spacial score (nSPS) is 20.6. The van der Waals surface area contributed by atoms with Crippen LogP contribution in [0.3, 0.4) is 0 Å². The molecule has 0 unspecified atom stereocenters. The molecule has 0 spiro atoms. The molecule has 3 atom stereocenters. The van der Waals surface area contributed by atoms with Gasteiger partial charge >= 0.3 is 0 Å². The molecule has 1 aliphatic rings. The topological polar surface area (TPSA) is 111 Å². The Bertz CT molecular complexity index is 1100. The molecule has 9 heteroatoms.